The second kappa shape index (κ2) is 9.79. The van der Waals surface area contributed by atoms with Crippen molar-refractivity contribution in [1.29, 1.82) is 0 Å². The van der Waals surface area contributed by atoms with Crippen molar-refractivity contribution in [2.75, 3.05) is 6.54 Å². The van der Waals surface area contributed by atoms with Crippen molar-refractivity contribution in [3.8, 4) is 0 Å². The van der Waals surface area contributed by atoms with Gasteiger partial charge in [-0.15, -0.1) is 0 Å². The van der Waals surface area contributed by atoms with E-state index in [0.29, 0.717) is 23.7 Å². The summed E-state index contributed by atoms with van der Waals surface area (Å²) < 4.78 is 0. The summed E-state index contributed by atoms with van der Waals surface area (Å²) in [4.78, 5) is 28.4. The molecule has 1 aromatic carbocycles. The van der Waals surface area contributed by atoms with E-state index in [-0.39, 0.29) is 17.5 Å². The average Bonchev–Trinajstić information content (AvgIpc) is 2.64. The van der Waals surface area contributed by atoms with E-state index in [1.54, 1.807) is 18.2 Å². The van der Waals surface area contributed by atoms with Gasteiger partial charge in [-0.25, -0.2) is 0 Å². The van der Waals surface area contributed by atoms with Gasteiger partial charge in [0, 0.05) is 29.9 Å². The lowest BCUT2D eigenvalue weighted by molar-refractivity contribution is 0.0948. The molecule has 0 bridgehead atoms. The van der Waals surface area contributed by atoms with E-state index in [1.807, 2.05) is 12.1 Å². The summed E-state index contributed by atoms with van der Waals surface area (Å²) in [5, 5.41) is 6.29. The van der Waals surface area contributed by atoms with E-state index in [4.69, 9.17) is 11.6 Å². The van der Waals surface area contributed by atoms with Gasteiger partial charge < -0.3 is 10.6 Å². The predicted molar refractivity (Wildman–Crippen MR) is 98.7 cm³/mol. The van der Waals surface area contributed by atoms with Gasteiger partial charge in [-0.1, -0.05) is 43.5 Å². The molecule has 0 fully saturated rings. The Balaban J connectivity index is 1.91. The Morgan fingerprint density at radius 1 is 1.04 bits per heavy atom. The van der Waals surface area contributed by atoms with Gasteiger partial charge in [-0.3, -0.25) is 14.6 Å². The van der Waals surface area contributed by atoms with Crippen LogP contribution in [-0.2, 0) is 6.54 Å². The number of carbonyl (C=O) groups is 2. The Morgan fingerprint density at radius 3 is 2.52 bits per heavy atom. The molecule has 132 valence electrons. The van der Waals surface area contributed by atoms with Crippen LogP contribution in [0.15, 0.2) is 42.6 Å². The first-order valence-corrected chi connectivity index (χ1v) is 8.75. The highest BCUT2D eigenvalue weighted by Gasteiger charge is 2.11. The number of hydrogen-bond acceptors (Lipinski definition) is 3. The molecule has 2 rings (SSSR count). The number of nitrogens with zero attached hydrogens (tertiary/aromatic N) is 1. The number of benzene rings is 1. The molecule has 2 aromatic rings. The number of aromatic nitrogens is 1. The number of pyridine rings is 1. The van der Waals surface area contributed by atoms with Crippen LogP contribution in [0.2, 0.25) is 5.02 Å². The smallest absolute Gasteiger partial charge is 0.269 e. The van der Waals surface area contributed by atoms with Crippen LogP contribution in [-0.4, -0.2) is 23.3 Å². The summed E-state index contributed by atoms with van der Waals surface area (Å²) in [6, 6.07) is 10.3. The molecule has 0 spiro atoms. The molecule has 0 radical (unpaired) electrons. The standard InChI is InChI=1S/C19H22ClN3O2/c1-2-3-4-10-22-19(25)17-12-15(9-11-21-17)18(24)23-13-14-5-7-16(20)8-6-14/h5-9,11-12H,2-4,10,13H2,1H3,(H,22,25)(H,23,24). The minimum atomic E-state index is -0.261. The molecule has 25 heavy (non-hydrogen) atoms. The monoisotopic (exact) mass is 359 g/mol. The number of nitrogens with one attached hydrogen (secondary N) is 2. The lowest BCUT2D eigenvalue weighted by Gasteiger charge is -2.08. The Hall–Kier alpha value is -2.40. The predicted octanol–water partition coefficient (Wildman–Crippen LogP) is 3.59. The Morgan fingerprint density at radius 2 is 1.80 bits per heavy atom. The topological polar surface area (TPSA) is 71.1 Å². The number of carbonyl (C=O) groups excluding carboxylic acids is 2. The number of unbranched alkanes of at least 4 members (excludes halogenated alkanes) is 2. The number of amides is 2. The molecule has 0 saturated heterocycles. The Kier molecular flexibility index (Phi) is 7.41. The van der Waals surface area contributed by atoms with E-state index in [2.05, 4.69) is 22.5 Å². The number of rotatable bonds is 8. The first kappa shape index (κ1) is 18.9. The summed E-state index contributed by atoms with van der Waals surface area (Å²) in [5.41, 5.74) is 1.60. The van der Waals surface area contributed by atoms with Crippen molar-refractivity contribution in [2.45, 2.75) is 32.7 Å². The molecule has 5 nitrogen and oxygen atoms in total. The number of hydrogen-bond donors (Lipinski definition) is 2. The third-order valence-corrected chi connectivity index (χ3v) is 3.94. The van der Waals surface area contributed by atoms with E-state index in [9.17, 15) is 9.59 Å². The van der Waals surface area contributed by atoms with Crippen molar-refractivity contribution in [3.63, 3.8) is 0 Å². The minimum absolute atomic E-state index is 0.246. The van der Waals surface area contributed by atoms with E-state index < -0.39 is 0 Å². The average molecular weight is 360 g/mol. The summed E-state index contributed by atoms with van der Waals surface area (Å²) in [6.45, 7) is 3.10. The highest BCUT2D eigenvalue weighted by molar-refractivity contribution is 6.30. The second-order valence-electron chi connectivity index (χ2n) is 5.70. The lowest BCUT2D eigenvalue weighted by atomic mass is 10.2. The van der Waals surface area contributed by atoms with Crippen LogP contribution < -0.4 is 10.6 Å². The van der Waals surface area contributed by atoms with Gasteiger partial charge in [0.2, 0.25) is 0 Å². The maximum absolute atomic E-state index is 12.3. The van der Waals surface area contributed by atoms with Crippen molar-refractivity contribution in [2.24, 2.45) is 0 Å². The Labute approximate surface area is 152 Å². The van der Waals surface area contributed by atoms with Gasteiger partial charge in [-0.2, -0.15) is 0 Å². The van der Waals surface area contributed by atoms with Crippen LogP contribution in [0, 0.1) is 0 Å². The van der Waals surface area contributed by atoms with Gasteiger partial charge in [0.05, 0.1) is 0 Å². The van der Waals surface area contributed by atoms with Gasteiger partial charge >= 0.3 is 0 Å². The normalized spacial score (nSPS) is 10.3. The van der Waals surface area contributed by atoms with E-state index >= 15 is 0 Å². The highest BCUT2D eigenvalue weighted by atomic mass is 35.5. The van der Waals surface area contributed by atoms with Crippen LogP contribution in [0.25, 0.3) is 0 Å². The van der Waals surface area contributed by atoms with Crippen LogP contribution in [0.5, 0.6) is 0 Å². The van der Waals surface area contributed by atoms with E-state index in [1.165, 1.54) is 12.3 Å². The molecule has 0 aliphatic rings. The van der Waals surface area contributed by atoms with E-state index in [0.717, 1.165) is 24.8 Å². The molecule has 6 heteroatoms. The first-order valence-electron chi connectivity index (χ1n) is 8.37. The second-order valence-corrected chi connectivity index (χ2v) is 6.14. The van der Waals surface area contributed by atoms with Crippen molar-refractivity contribution in [1.82, 2.24) is 15.6 Å². The molecule has 0 aliphatic carbocycles. The van der Waals surface area contributed by atoms with Crippen LogP contribution >= 0.6 is 11.6 Å². The lowest BCUT2D eigenvalue weighted by Crippen LogP contribution is -2.27. The fourth-order valence-electron chi connectivity index (χ4n) is 2.25. The fourth-order valence-corrected chi connectivity index (χ4v) is 2.38. The molecule has 2 amide bonds. The van der Waals surface area contributed by atoms with Gasteiger partial charge in [0.25, 0.3) is 11.8 Å². The molecule has 0 unspecified atom stereocenters. The summed E-state index contributed by atoms with van der Waals surface area (Å²) in [6.07, 6.45) is 4.57. The van der Waals surface area contributed by atoms with Gasteiger partial charge in [0.15, 0.2) is 0 Å². The zero-order chi connectivity index (χ0) is 18.1. The molecule has 0 atom stereocenters. The quantitative estimate of drug-likeness (QED) is 0.707. The zero-order valence-electron chi connectivity index (χ0n) is 14.2. The zero-order valence-corrected chi connectivity index (χ0v) is 15.0. The molecular formula is C19H22ClN3O2. The SMILES string of the molecule is CCCCCNC(=O)c1cc(C(=O)NCc2ccc(Cl)cc2)ccn1. The summed E-state index contributed by atoms with van der Waals surface area (Å²) >= 11 is 5.84. The third kappa shape index (κ3) is 6.19. The van der Waals surface area contributed by atoms with Gasteiger partial charge in [0.1, 0.15) is 5.69 Å². The Bertz CT molecular complexity index is 717. The van der Waals surface area contributed by atoms with Crippen molar-refractivity contribution in [3.05, 3.63) is 64.4 Å². The molecule has 1 heterocycles. The molecule has 2 N–H and O–H groups in total. The fraction of sp³-hybridized carbons (Fsp3) is 0.316. The molecule has 0 saturated carbocycles. The van der Waals surface area contributed by atoms with Crippen molar-refractivity contribution < 1.29 is 9.59 Å². The van der Waals surface area contributed by atoms with Crippen LogP contribution in [0.1, 0.15) is 52.6 Å². The van der Waals surface area contributed by atoms with Gasteiger partial charge in [-0.05, 0) is 36.2 Å². The summed E-state index contributed by atoms with van der Waals surface area (Å²) in [5.74, 6) is -0.513. The molecule has 0 aliphatic heterocycles. The van der Waals surface area contributed by atoms with Crippen LogP contribution in [0.4, 0.5) is 0 Å². The van der Waals surface area contributed by atoms with Crippen molar-refractivity contribution >= 4 is 23.4 Å². The maximum Gasteiger partial charge on any atom is 0.269 e. The maximum atomic E-state index is 12.3. The largest absolute Gasteiger partial charge is 0.351 e. The highest BCUT2D eigenvalue weighted by Crippen LogP contribution is 2.09. The molecular weight excluding hydrogens is 338 g/mol. The molecule has 1 aromatic heterocycles. The third-order valence-electron chi connectivity index (χ3n) is 3.69. The summed E-state index contributed by atoms with van der Waals surface area (Å²) in [7, 11) is 0. The number of halogens is 1. The minimum Gasteiger partial charge on any atom is -0.351 e. The van der Waals surface area contributed by atoms with Crippen LogP contribution in [0.3, 0.4) is 0 Å². The first-order chi connectivity index (χ1) is 12.1.